The zero-order chi connectivity index (χ0) is 27.9. The third-order valence-corrected chi connectivity index (χ3v) is 5.81. The molecule has 9 nitrogen and oxygen atoms in total. The lowest BCUT2D eigenvalue weighted by Crippen LogP contribution is -2.17. The highest BCUT2D eigenvalue weighted by Gasteiger charge is 2.20. The topological polar surface area (TPSA) is 125 Å². The molecule has 0 saturated heterocycles. The number of amides is 1. The van der Waals surface area contributed by atoms with Crippen LogP contribution in [0.2, 0.25) is 0 Å². The molecule has 4 N–H and O–H groups in total. The highest BCUT2D eigenvalue weighted by molar-refractivity contribution is 6.09. The predicted molar refractivity (Wildman–Crippen MR) is 150 cm³/mol. The molecule has 40 heavy (non-hydrogen) atoms. The molecular formula is C30H26FN5O4. The van der Waals surface area contributed by atoms with Crippen LogP contribution in [-0.4, -0.2) is 22.5 Å². The Balaban J connectivity index is 1.26. The van der Waals surface area contributed by atoms with Gasteiger partial charge in [0, 0.05) is 23.0 Å². The molecule has 0 fully saturated rings. The molecule has 0 unspecified atom stereocenters. The van der Waals surface area contributed by atoms with Gasteiger partial charge in [-0.15, -0.1) is 0 Å². The summed E-state index contributed by atoms with van der Waals surface area (Å²) in [5.41, 5.74) is 9.49. The maximum atomic E-state index is 13.4. The number of nitrogens with zero attached hydrogens (tertiary/aromatic N) is 2. The van der Waals surface area contributed by atoms with E-state index in [-0.39, 0.29) is 29.6 Å². The van der Waals surface area contributed by atoms with Crippen molar-refractivity contribution >= 4 is 28.8 Å². The third kappa shape index (κ3) is 6.36. The number of nitrogens with one attached hydrogen (secondary N) is 2. The fourth-order valence-corrected chi connectivity index (χ4v) is 3.92. The van der Waals surface area contributed by atoms with E-state index in [1.807, 2.05) is 24.3 Å². The number of pyridine rings is 1. The van der Waals surface area contributed by atoms with Crippen LogP contribution in [0, 0.1) is 5.82 Å². The first kappa shape index (κ1) is 26.2. The van der Waals surface area contributed by atoms with Gasteiger partial charge in [-0.2, -0.15) is 4.98 Å². The van der Waals surface area contributed by atoms with E-state index in [0.29, 0.717) is 35.2 Å². The SMILES string of the molecule is CCOc1nc(Nc2ccc(-c3cnco3)cc2)cc(N)c1C(=O)Nc1ccc(OCc2cccc(F)c2)cc1. The summed E-state index contributed by atoms with van der Waals surface area (Å²) in [5, 5.41) is 6.00. The van der Waals surface area contributed by atoms with Crippen LogP contribution in [-0.2, 0) is 6.61 Å². The van der Waals surface area contributed by atoms with Gasteiger partial charge in [0.05, 0.1) is 18.5 Å². The van der Waals surface area contributed by atoms with E-state index in [9.17, 15) is 9.18 Å². The third-order valence-electron chi connectivity index (χ3n) is 5.81. The molecule has 202 valence electrons. The van der Waals surface area contributed by atoms with E-state index in [0.717, 1.165) is 11.3 Å². The number of anilines is 4. The number of carbonyl (C=O) groups excluding carboxylic acids is 1. The van der Waals surface area contributed by atoms with Gasteiger partial charge < -0.3 is 30.3 Å². The average Bonchev–Trinajstić information content (AvgIpc) is 3.48. The number of rotatable bonds is 10. The molecular weight excluding hydrogens is 513 g/mol. The number of benzene rings is 3. The fourth-order valence-electron chi connectivity index (χ4n) is 3.92. The van der Waals surface area contributed by atoms with Crippen molar-refractivity contribution < 1.29 is 23.1 Å². The van der Waals surface area contributed by atoms with E-state index in [1.54, 1.807) is 55.6 Å². The first-order chi connectivity index (χ1) is 19.5. The Kier molecular flexibility index (Phi) is 7.87. The van der Waals surface area contributed by atoms with Gasteiger partial charge in [-0.25, -0.2) is 9.37 Å². The summed E-state index contributed by atoms with van der Waals surface area (Å²) >= 11 is 0. The first-order valence-electron chi connectivity index (χ1n) is 12.5. The van der Waals surface area contributed by atoms with Crippen molar-refractivity contribution in [1.29, 1.82) is 0 Å². The van der Waals surface area contributed by atoms with Crippen molar-refractivity contribution in [3.63, 3.8) is 0 Å². The van der Waals surface area contributed by atoms with E-state index in [2.05, 4.69) is 20.6 Å². The minimum atomic E-state index is -0.468. The quantitative estimate of drug-likeness (QED) is 0.185. The number of carbonyl (C=O) groups is 1. The largest absolute Gasteiger partial charge is 0.489 e. The minimum absolute atomic E-state index is 0.107. The summed E-state index contributed by atoms with van der Waals surface area (Å²) in [5.74, 6) is 0.975. The van der Waals surface area contributed by atoms with Gasteiger partial charge in [-0.05, 0) is 73.2 Å². The van der Waals surface area contributed by atoms with Crippen LogP contribution >= 0.6 is 0 Å². The summed E-state index contributed by atoms with van der Waals surface area (Å²) in [6.45, 7) is 2.30. The molecule has 10 heteroatoms. The summed E-state index contributed by atoms with van der Waals surface area (Å²) < 4.78 is 30.1. The molecule has 0 aliphatic carbocycles. The standard InChI is InChI=1S/C30H26FN5O4/c1-2-38-30-28(25(32)15-27(36-30)34-22-8-6-20(7-9-22)26-16-33-18-40-26)29(37)35-23-10-12-24(13-11-23)39-17-19-4-3-5-21(31)14-19/h3-16,18H,2,17H2,1H3,(H,35,37)(H3,32,34,36). The van der Waals surface area contributed by atoms with Crippen LogP contribution in [0.5, 0.6) is 11.6 Å². The molecule has 1 amide bonds. The van der Waals surface area contributed by atoms with Gasteiger partial charge in [0.25, 0.3) is 5.91 Å². The monoisotopic (exact) mass is 539 g/mol. The van der Waals surface area contributed by atoms with Crippen LogP contribution in [0.4, 0.5) is 27.3 Å². The van der Waals surface area contributed by atoms with E-state index >= 15 is 0 Å². The zero-order valence-electron chi connectivity index (χ0n) is 21.6. The van der Waals surface area contributed by atoms with Crippen molar-refractivity contribution in [2.24, 2.45) is 0 Å². The molecule has 0 aliphatic rings. The first-order valence-corrected chi connectivity index (χ1v) is 12.5. The second kappa shape index (κ2) is 12.0. The molecule has 2 heterocycles. The van der Waals surface area contributed by atoms with Crippen molar-refractivity contribution in [3.8, 4) is 23.0 Å². The summed E-state index contributed by atoms with van der Waals surface area (Å²) in [6.07, 6.45) is 3.02. The van der Waals surface area contributed by atoms with E-state index < -0.39 is 5.91 Å². The Morgan fingerprint density at radius 1 is 1.00 bits per heavy atom. The molecule has 5 aromatic rings. The average molecular weight is 540 g/mol. The summed E-state index contributed by atoms with van der Waals surface area (Å²) in [4.78, 5) is 21.6. The van der Waals surface area contributed by atoms with Crippen LogP contribution in [0.1, 0.15) is 22.8 Å². The van der Waals surface area contributed by atoms with E-state index in [4.69, 9.17) is 19.6 Å². The maximum Gasteiger partial charge on any atom is 0.263 e. The number of oxazole rings is 1. The van der Waals surface area contributed by atoms with Crippen LogP contribution < -0.4 is 25.8 Å². The van der Waals surface area contributed by atoms with Crippen molar-refractivity contribution in [3.05, 3.63) is 108 Å². The van der Waals surface area contributed by atoms with Crippen LogP contribution in [0.25, 0.3) is 11.3 Å². The second-order valence-electron chi connectivity index (χ2n) is 8.68. The Morgan fingerprint density at radius 3 is 2.48 bits per heavy atom. The summed E-state index contributed by atoms with van der Waals surface area (Å²) in [6, 6.07) is 22.1. The van der Waals surface area contributed by atoms with Gasteiger partial charge in [-0.3, -0.25) is 4.79 Å². The fraction of sp³-hybridized carbons (Fsp3) is 0.100. The molecule has 0 radical (unpaired) electrons. The Hall–Kier alpha value is -5.38. The number of halogens is 1. The smallest absolute Gasteiger partial charge is 0.263 e. The molecule has 0 saturated carbocycles. The van der Waals surface area contributed by atoms with Gasteiger partial charge in [0.15, 0.2) is 12.2 Å². The van der Waals surface area contributed by atoms with Crippen molar-refractivity contribution in [2.45, 2.75) is 13.5 Å². The Bertz CT molecular complexity index is 1590. The van der Waals surface area contributed by atoms with Gasteiger partial charge >= 0.3 is 0 Å². The molecule has 0 bridgehead atoms. The molecule has 0 atom stereocenters. The van der Waals surface area contributed by atoms with Crippen LogP contribution in [0.3, 0.4) is 0 Å². The zero-order valence-corrected chi connectivity index (χ0v) is 21.6. The van der Waals surface area contributed by atoms with Crippen molar-refractivity contribution in [1.82, 2.24) is 9.97 Å². The van der Waals surface area contributed by atoms with Gasteiger partial charge in [-0.1, -0.05) is 12.1 Å². The number of hydrogen-bond donors (Lipinski definition) is 3. The molecule has 3 aromatic carbocycles. The number of ether oxygens (including phenoxy) is 2. The lowest BCUT2D eigenvalue weighted by atomic mass is 10.1. The molecule has 2 aromatic heterocycles. The highest BCUT2D eigenvalue weighted by atomic mass is 19.1. The highest BCUT2D eigenvalue weighted by Crippen LogP contribution is 2.30. The summed E-state index contributed by atoms with van der Waals surface area (Å²) in [7, 11) is 0. The number of hydrogen-bond acceptors (Lipinski definition) is 8. The van der Waals surface area contributed by atoms with Crippen LogP contribution in [0.15, 0.2) is 95.9 Å². The van der Waals surface area contributed by atoms with Gasteiger partial charge in [0.1, 0.15) is 29.6 Å². The number of nitrogen functional groups attached to an aromatic ring is 1. The van der Waals surface area contributed by atoms with Gasteiger partial charge in [0.2, 0.25) is 5.88 Å². The molecule has 0 spiro atoms. The van der Waals surface area contributed by atoms with E-state index in [1.165, 1.54) is 18.5 Å². The predicted octanol–water partition coefficient (Wildman–Crippen LogP) is 6.43. The minimum Gasteiger partial charge on any atom is -0.489 e. The lowest BCUT2D eigenvalue weighted by Gasteiger charge is -2.15. The Labute approximate surface area is 229 Å². The molecule has 5 rings (SSSR count). The second-order valence-corrected chi connectivity index (χ2v) is 8.68. The maximum absolute atomic E-state index is 13.4. The van der Waals surface area contributed by atoms with Crippen molar-refractivity contribution in [2.75, 3.05) is 23.0 Å². The lowest BCUT2D eigenvalue weighted by molar-refractivity contribution is 0.102. The number of nitrogens with two attached hydrogens (primary N) is 1. The normalized spacial score (nSPS) is 10.7. The molecule has 0 aliphatic heterocycles. The Morgan fingerprint density at radius 2 is 1.77 bits per heavy atom. The number of aromatic nitrogens is 2.